The van der Waals surface area contributed by atoms with Gasteiger partial charge in [0.25, 0.3) is 0 Å². The molecule has 0 aliphatic rings. The summed E-state index contributed by atoms with van der Waals surface area (Å²) in [5.74, 6) is -0.552. The zero-order valence-electron chi connectivity index (χ0n) is 9.39. The molecule has 100 valence electrons. The van der Waals surface area contributed by atoms with Crippen LogP contribution in [0.25, 0.3) is 0 Å². The number of hydrogen-bond donors (Lipinski definition) is 1. The van der Waals surface area contributed by atoms with E-state index in [1.165, 1.54) is 25.3 Å². The summed E-state index contributed by atoms with van der Waals surface area (Å²) in [6.07, 6.45) is 0. The summed E-state index contributed by atoms with van der Waals surface area (Å²) < 4.78 is 30.5. The second kappa shape index (κ2) is 6.51. The number of hydrogen-bond acceptors (Lipinski definition) is 4. The van der Waals surface area contributed by atoms with Crippen molar-refractivity contribution in [1.82, 2.24) is 4.72 Å². The van der Waals surface area contributed by atoms with Gasteiger partial charge in [-0.25, -0.2) is 13.1 Å². The highest BCUT2D eigenvalue weighted by molar-refractivity contribution is 9.10. The van der Waals surface area contributed by atoms with E-state index in [1.807, 2.05) is 0 Å². The summed E-state index contributed by atoms with van der Waals surface area (Å²) in [4.78, 5) is 10.4. The van der Waals surface area contributed by atoms with Gasteiger partial charge < -0.3 is 4.74 Å². The molecule has 0 fully saturated rings. The van der Waals surface area contributed by atoms with E-state index in [0.717, 1.165) is 0 Å². The highest BCUT2D eigenvalue weighted by atomic mass is 79.9. The van der Waals surface area contributed by atoms with Crippen molar-refractivity contribution in [2.45, 2.75) is 9.72 Å². The van der Waals surface area contributed by atoms with E-state index in [9.17, 15) is 13.2 Å². The monoisotopic (exact) mass is 355 g/mol. The van der Waals surface area contributed by atoms with Crippen LogP contribution in [0.5, 0.6) is 0 Å². The number of esters is 1. The van der Waals surface area contributed by atoms with Gasteiger partial charge in [0, 0.05) is 11.6 Å². The van der Waals surface area contributed by atoms with Gasteiger partial charge in [-0.1, -0.05) is 33.6 Å². The van der Waals surface area contributed by atoms with Gasteiger partial charge in [0.15, 0.2) is 0 Å². The molecule has 0 radical (unpaired) electrons. The molecule has 1 N–H and O–H groups in total. The number of benzene rings is 1. The standard InChI is InChI=1S/C10H11BrClNO4S/c1-17-10(14)9(11)6-13-18(15,16)8-4-2-3-7(12)5-8/h2-5,9,13H,6H2,1H3. The second-order valence-corrected chi connectivity index (χ2v) is 6.61. The van der Waals surface area contributed by atoms with Gasteiger partial charge in [-0.2, -0.15) is 0 Å². The van der Waals surface area contributed by atoms with E-state index in [4.69, 9.17) is 11.6 Å². The van der Waals surface area contributed by atoms with E-state index in [-0.39, 0.29) is 11.4 Å². The molecule has 0 amide bonds. The molecule has 0 heterocycles. The Labute approximate surface area is 119 Å². The zero-order chi connectivity index (χ0) is 13.8. The molecule has 1 aromatic rings. The lowest BCUT2D eigenvalue weighted by Gasteiger charge is -2.10. The molecule has 0 spiro atoms. The van der Waals surface area contributed by atoms with Gasteiger partial charge in [-0.3, -0.25) is 4.79 Å². The van der Waals surface area contributed by atoms with Crippen molar-refractivity contribution < 1.29 is 17.9 Å². The minimum Gasteiger partial charge on any atom is -0.468 e. The van der Waals surface area contributed by atoms with Crippen LogP contribution in [-0.2, 0) is 19.6 Å². The first-order chi connectivity index (χ1) is 8.36. The lowest BCUT2D eigenvalue weighted by molar-refractivity contribution is -0.139. The fraction of sp³-hybridized carbons (Fsp3) is 0.300. The molecular weight excluding hydrogens is 346 g/mol. The summed E-state index contributed by atoms with van der Waals surface area (Å²) in [5, 5.41) is 0.321. The topological polar surface area (TPSA) is 72.5 Å². The predicted octanol–water partition coefficient (Wildman–Crippen LogP) is 1.55. The predicted molar refractivity (Wildman–Crippen MR) is 71.4 cm³/mol. The van der Waals surface area contributed by atoms with Gasteiger partial charge >= 0.3 is 5.97 Å². The molecule has 0 aliphatic carbocycles. The Bertz CT molecular complexity index is 534. The Morgan fingerprint density at radius 1 is 1.56 bits per heavy atom. The van der Waals surface area contributed by atoms with E-state index < -0.39 is 20.8 Å². The van der Waals surface area contributed by atoms with Gasteiger partial charge in [0.2, 0.25) is 10.0 Å². The summed E-state index contributed by atoms with van der Waals surface area (Å²) in [6, 6.07) is 5.84. The highest BCUT2D eigenvalue weighted by Gasteiger charge is 2.20. The number of sulfonamides is 1. The normalized spacial score (nSPS) is 13.1. The van der Waals surface area contributed by atoms with Gasteiger partial charge in [0.05, 0.1) is 12.0 Å². The molecule has 1 atom stereocenters. The molecule has 0 bridgehead atoms. The van der Waals surface area contributed by atoms with E-state index in [2.05, 4.69) is 25.4 Å². The lowest BCUT2D eigenvalue weighted by atomic mass is 10.4. The molecule has 1 rings (SSSR count). The van der Waals surface area contributed by atoms with Crippen molar-refractivity contribution in [1.29, 1.82) is 0 Å². The maximum Gasteiger partial charge on any atom is 0.320 e. The lowest BCUT2D eigenvalue weighted by Crippen LogP contribution is -2.33. The van der Waals surface area contributed by atoms with Crippen LogP contribution in [0.1, 0.15) is 0 Å². The Morgan fingerprint density at radius 2 is 2.22 bits per heavy atom. The van der Waals surface area contributed by atoms with Gasteiger partial charge in [-0.05, 0) is 18.2 Å². The molecule has 0 aromatic heterocycles. The van der Waals surface area contributed by atoms with E-state index >= 15 is 0 Å². The molecule has 0 saturated carbocycles. The fourth-order valence-electron chi connectivity index (χ4n) is 1.11. The molecule has 1 aromatic carbocycles. The largest absolute Gasteiger partial charge is 0.468 e. The first-order valence-corrected chi connectivity index (χ1v) is 7.61. The second-order valence-electron chi connectivity index (χ2n) is 3.30. The Kier molecular flexibility index (Phi) is 5.58. The Morgan fingerprint density at radius 3 is 2.78 bits per heavy atom. The molecular formula is C10H11BrClNO4S. The van der Waals surface area contributed by atoms with Gasteiger partial charge in [0.1, 0.15) is 4.83 Å². The fourth-order valence-corrected chi connectivity index (χ4v) is 3.02. The van der Waals surface area contributed by atoms with Crippen molar-refractivity contribution >= 4 is 43.5 Å². The van der Waals surface area contributed by atoms with Crippen LogP contribution in [0.3, 0.4) is 0 Å². The van der Waals surface area contributed by atoms with E-state index in [1.54, 1.807) is 6.07 Å². The average Bonchev–Trinajstić information content (AvgIpc) is 2.35. The first kappa shape index (κ1) is 15.4. The highest BCUT2D eigenvalue weighted by Crippen LogP contribution is 2.15. The van der Waals surface area contributed by atoms with Crippen LogP contribution >= 0.6 is 27.5 Å². The van der Waals surface area contributed by atoms with Crippen molar-refractivity contribution in [2.75, 3.05) is 13.7 Å². The molecule has 18 heavy (non-hydrogen) atoms. The van der Waals surface area contributed by atoms with Crippen LogP contribution in [0.15, 0.2) is 29.2 Å². The number of ether oxygens (including phenoxy) is 1. The van der Waals surface area contributed by atoms with Crippen LogP contribution in [0.4, 0.5) is 0 Å². The van der Waals surface area contributed by atoms with Crippen molar-refractivity contribution in [3.63, 3.8) is 0 Å². The minimum atomic E-state index is -3.69. The molecule has 0 saturated heterocycles. The maximum absolute atomic E-state index is 11.9. The molecule has 1 unspecified atom stereocenters. The van der Waals surface area contributed by atoms with Crippen molar-refractivity contribution in [2.24, 2.45) is 0 Å². The van der Waals surface area contributed by atoms with Crippen molar-refractivity contribution in [3.8, 4) is 0 Å². The van der Waals surface area contributed by atoms with Crippen LogP contribution in [0.2, 0.25) is 5.02 Å². The van der Waals surface area contributed by atoms with Crippen molar-refractivity contribution in [3.05, 3.63) is 29.3 Å². The summed E-state index contributed by atoms with van der Waals surface area (Å²) >= 11 is 8.73. The minimum absolute atomic E-state index is 0.0413. The number of alkyl halides is 1. The van der Waals surface area contributed by atoms with Crippen LogP contribution in [-0.4, -0.2) is 32.9 Å². The number of rotatable bonds is 5. The van der Waals surface area contributed by atoms with E-state index in [0.29, 0.717) is 5.02 Å². The molecule has 5 nitrogen and oxygen atoms in total. The smallest absolute Gasteiger partial charge is 0.320 e. The Hall–Kier alpha value is -0.630. The maximum atomic E-state index is 11.9. The number of carbonyl (C=O) groups is 1. The summed E-state index contributed by atoms with van der Waals surface area (Å²) in [6.45, 7) is -0.110. The molecule has 8 heteroatoms. The molecule has 0 aliphatic heterocycles. The SMILES string of the molecule is COC(=O)C(Br)CNS(=O)(=O)c1cccc(Cl)c1. The van der Waals surface area contributed by atoms with Crippen LogP contribution in [0, 0.1) is 0 Å². The number of carbonyl (C=O) groups excluding carboxylic acids is 1. The third-order valence-electron chi connectivity index (χ3n) is 2.02. The quantitative estimate of drug-likeness (QED) is 0.642. The first-order valence-electron chi connectivity index (χ1n) is 4.84. The Balaban J connectivity index is 2.75. The summed E-state index contributed by atoms with van der Waals surface area (Å²) in [7, 11) is -2.47. The zero-order valence-corrected chi connectivity index (χ0v) is 12.5. The third kappa shape index (κ3) is 4.24. The van der Waals surface area contributed by atoms with Gasteiger partial charge in [-0.15, -0.1) is 0 Å². The summed E-state index contributed by atoms with van der Waals surface area (Å²) in [5.41, 5.74) is 0. The van der Waals surface area contributed by atoms with Crippen LogP contribution < -0.4 is 4.72 Å². The third-order valence-corrected chi connectivity index (χ3v) is 4.37. The number of halogens is 2. The number of nitrogens with one attached hydrogen (secondary N) is 1. The average molecular weight is 357 g/mol. The number of methoxy groups -OCH3 is 1.